The highest BCUT2D eigenvalue weighted by atomic mass is 28.4. The smallest absolute Gasteiger partial charge is 0.261 e. The number of hydrogen-bond acceptors (Lipinski definition) is 1. The number of rotatable bonds is 7. The van der Waals surface area contributed by atoms with E-state index in [1.54, 1.807) is 0 Å². The first-order valence-electron chi connectivity index (χ1n) is 11.2. The van der Waals surface area contributed by atoms with Gasteiger partial charge in [-0.3, -0.25) is 0 Å². The van der Waals surface area contributed by atoms with Crippen LogP contribution in [-0.2, 0) is 10.8 Å². The Morgan fingerprint density at radius 2 is 1.30 bits per heavy atom. The molecular weight excluding hydrogens is 380 g/mol. The van der Waals surface area contributed by atoms with Crippen molar-refractivity contribution in [2.75, 3.05) is 6.61 Å². The predicted molar refractivity (Wildman–Crippen MR) is 130 cm³/mol. The van der Waals surface area contributed by atoms with Gasteiger partial charge in [0, 0.05) is 6.61 Å². The van der Waals surface area contributed by atoms with E-state index < -0.39 is 8.32 Å². The van der Waals surface area contributed by atoms with Gasteiger partial charge >= 0.3 is 0 Å². The standard InChI is InChI=1S/C28H34OSi/c1-22-15-17-23(18-16-22)19-24-20-25(24)21-29-30(28(2,3)4,26-11-7-5-8-12-26)27-13-9-6-10-14-27/h5-18,24-25H,19-21H2,1-4H3. The van der Waals surface area contributed by atoms with E-state index in [9.17, 15) is 0 Å². The van der Waals surface area contributed by atoms with Crippen molar-refractivity contribution in [2.45, 2.75) is 45.6 Å². The molecule has 2 unspecified atom stereocenters. The summed E-state index contributed by atoms with van der Waals surface area (Å²) in [4.78, 5) is 0. The molecule has 0 radical (unpaired) electrons. The molecule has 2 atom stereocenters. The zero-order valence-electron chi connectivity index (χ0n) is 18.8. The van der Waals surface area contributed by atoms with Crippen LogP contribution in [0.4, 0.5) is 0 Å². The number of hydrogen-bond donors (Lipinski definition) is 0. The molecule has 3 aromatic carbocycles. The van der Waals surface area contributed by atoms with Gasteiger partial charge in [0.25, 0.3) is 8.32 Å². The molecule has 1 saturated carbocycles. The minimum atomic E-state index is -2.40. The molecule has 4 rings (SSSR count). The molecule has 0 spiro atoms. The van der Waals surface area contributed by atoms with Crippen LogP contribution in [-0.4, -0.2) is 14.9 Å². The first-order chi connectivity index (χ1) is 14.4. The molecule has 0 N–H and O–H groups in total. The van der Waals surface area contributed by atoms with E-state index >= 15 is 0 Å². The van der Waals surface area contributed by atoms with Crippen LogP contribution in [0.5, 0.6) is 0 Å². The summed E-state index contributed by atoms with van der Waals surface area (Å²) in [5.74, 6) is 1.43. The van der Waals surface area contributed by atoms with E-state index in [0.717, 1.165) is 12.5 Å². The third-order valence-electron chi connectivity index (χ3n) is 6.62. The van der Waals surface area contributed by atoms with Gasteiger partial charge < -0.3 is 4.43 Å². The normalized spacial score (nSPS) is 18.9. The maximum absolute atomic E-state index is 7.12. The van der Waals surface area contributed by atoms with Crippen molar-refractivity contribution in [1.29, 1.82) is 0 Å². The third kappa shape index (κ3) is 4.31. The van der Waals surface area contributed by atoms with E-state index in [2.05, 4.69) is 113 Å². The molecular formula is C28H34OSi. The molecule has 0 amide bonds. The highest BCUT2D eigenvalue weighted by Gasteiger charge is 2.51. The Hall–Kier alpha value is -2.16. The highest BCUT2D eigenvalue weighted by molar-refractivity contribution is 6.99. The van der Waals surface area contributed by atoms with Gasteiger partial charge in [0.1, 0.15) is 0 Å². The minimum absolute atomic E-state index is 0.0526. The van der Waals surface area contributed by atoms with Gasteiger partial charge in [-0.05, 0) is 52.6 Å². The van der Waals surface area contributed by atoms with Gasteiger partial charge in [-0.25, -0.2) is 0 Å². The zero-order chi connectivity index (χ0) is 21.2. The molecule has 2 heteroatoms. The molecule has 0 saturated heterocycles. The molecule has 0 heterocycles. The van der Waals surface area contributed by atoms with Crippen molar-refractivity contribution in [3.63, 3.8) is 0 Å². The molecule has 1 nitrogen and oxygen atoms in total. The monoisotopic (exact) mass is 414 g/mol. The lowest BCUT2D eigenvalue weighted by Gasteiger charge is -2.43. The zero-order valence-corrected chi connectivity index (χ0v) is 19.8. The van der Waals surface area contributed by atoms with Crippen LogP contribution in [0.3, 0.4) is 0 Å². The maximum Gasteiger partial charge on any atom is 0.261 e. The average molecular weight is 415 g/mol. The van der Waals surface area contributed by atoms with E-state index in [-0.39, 0.29) is 5.04 Å². The van der Waals surface area contributed by atoms with Gasteiger partial charge in [0.05, 0.1) is 0 Å². The summed E-state index contributed by atoms with van der Waals surface area (Å²) in [7, 11) is -2.40. The van der Waals surface area contributed by atoms with Crippen LogP contribution >= 0.6 is 0 Å². The Bertz CT molecular complexity index is 902. The summed E-state index contributed by atoms with van der Waals surface area (Å²) in [5, 5.41) is 2.80. The molecule has 30 heavy (non-hydrogen) atoms. The fourth-order valence-electron chi connectivity index (χ4n) is 4.78. The van der Waals surface area contributed by atoms with Gasteiger partial charge in [0.15, 0.2) is 0 Å². The van der Waals surface area contributed by atoms with Crippen LogP contribution in [0, 0.1) is 18.8 Å². The molecule has 3 aromatic rings. The second-order valence-electron chi connectivity index (χ2n) is 9.92. The summed E-state index contributed by atoms with van der Waals surface area (Å²) in [5.41, 5.74) is 2.79. The lowest BCUT2D eigenvalue weighted by atomic mass is 10.1. The van der Waals surface area contributed by atoms with Crippen molar-refractivity contribution in [2.24, 2.45) is 11.8 Å². The van der Waals surface area contributed by atoms with E-state index in [0.29, 0.717) is 5.92 Å². The SMILES string of the molecule is Cc1ccc(CC2CC2CO[Si](c2ccccc2)(c2ccccc2)C(C)(C)C)cc1. The first-order valence-corrected chi connectivity index (χ1v) is 13.1. The van der Waals surface area contributed by atoms with Gasteiger partial charge in [-0.2, -0.15) is 0 Å². The third-order valence-corrected chi connectivity index (χ3v) is 11.6. The number of aryl methyl sites for hydroxylation is 1. The lowest BCUT2D eigenvalue weighted by Crippen LogP contribution is -2.66. The summed E-state index contributed by atoms with van der Waals surface area (Å²) in [6.45, 7) is 10.1. The van der Waals surface area contributed by atoms with Crippen LogP contribution in [0.25, 0.3) is 0 Å². The molecule has 1 fully saturated rings. The fraction of sp³-hybridized carbons (Fsp3) is 0.357. The van der Waals surface area contributed by atoms with Crippen LogP contribution in [0.2, 0.25) is 5.04 Å². The predicted octanol–water partition coefficient (Wildman–Crippen LogP) is 5.75. The Labute approximate surface area is 183 Å². The van der Waals surface area contributed by atoms with Gasteiger partial charge in [-0.1, -0.05) is 111 Å². The Balaban J connectivity index is 1.56. The first kappa shape index (κ1) is 21.1. The molecule has 0 bridgehead atoms. The van der Waals surface area contributed by atoms with Crippen molar-refractivity contribution >= 4 is 18.7 Å². The molecule has 0 aliphatic heterocycles. The van der Waals surface area contributed by atoms with E-state index in [1.807, 2.05) is 0 Å². The molecule has 156 valence electrons. The van der Waals surface area contributed by atoms with E-state index in [4.69, 9.17) is 4.43 Å². The summed E-state index contributed by atoms with van der Waals surface area (Å²) < 4.78 is 7.12. The van der Waals surface area contributed by atoms with E-state index in [1.165, 1.54) is 34.3 Å². The summed E-state index contributed by atoms with van der Waals surface area (Å²) in [6.07, 6.45) is 2.46. The average Bonchev–Trinajstić information content (AvgIpc) is 3.48. The molecule has 1 aliphatic carbocycles. The van der Waals surface area contributed by atoms with Crippen molar-refractivity contribution in [3.05, 3.63) is 96.1 Å². The minimum Gasteiger partial charge on any atom is -0.407 e. The van der Waals surface area contributed by atoms with Crippen LogP contribution in [0.15, 0.2) is 84.9 Å². The van der Waals surface area contributed by atoms with Crippen LogP contribution < -0.4 is 10.4 Å². The molecule has 0 aromatic heterocycles. The Kier molecular flexibility index (Phi) is 5.99. The number of benzene rings is 3. The fourth-order valence-corrected chi connectivity index (χ4v) is 9.40. The molecule has 1 aliphatic rings. The largest absolute Gasteiger partial charge is 0.407 e. The quantitative estimate of drug-likeness (QED) is 0.447. The van der Waals surface area contributed by atoms with Crippen molar-refractivity contribution in [1.82, 2.24) is 0 Å². The highest BCUT2D eigenvalue weighted by Crippen LogP contribution is 2.44. The topological polar surface area (TPSA) is 9.23 Å². The lowest BCUT2D eigenvalue weighted by molar-refractivity contribution is 0.274. The summed E-state index contributed by atoms with van der Waals surface area (Å²) >= 11 is 0. The Morgan fingerprint density at radius 1 is 0.767 bits per heavy atom. The van der Waals surface area contributed by atoms with Crippen molar-refractivity contribution < 1.29 is 4.43 Å². The van der Waals surface area contributed by atoms with Crippen LogP contribution in [0.1, 0.15) is 38.3 Å². The van der Waals surface area contributed by atoms with Crippen molar-refractivity contribution in [3.8, 4) is 0 Å². The second kappa shape index (κ2) is 8.53. The second-order valence-corrected chi connectivity index (χ2v) is 14.2. The van der Waals surface area contributed by atoms with Gasteiger partial charge in [-0.15, -0.1) is 0 Å². The summed E-state index contributed by atoms with van der Waals surface area (Å²) in [6, 6.07) is 31.0. The maximum atomic E-state index is 7.12. The Morgan fingerprint density at radius 3 is 1.80 bits per heavy atom. The van der Waals surface area contributed by atoms with Gasteiger partial charge in [0.2, 0.25) is 0 Å².